The Morgan fingerprint density at radius 2 is 1.88 bits per heavy atom. The van der Waals surface area contributed by atoms with E-state index in [-0.39, 0.29) is 30.1 Å². The van der Waals surface area contributed by atoms with Crippen molar-refractivity contribution in [3.63, 3.8) is 0 Å². The molecule has 3 rings (SSSR count). The fourth-order valence-corrected chi connectivity index (χ4v) is 3.38. The third kappa shape index (κ3) is 4.99. The second-order valence-electron chi connectivity index (χ2n) is 6.57. The van der Waals surface area contributed by atoms with Crippen LogP contribution in [-0.2, 0) is 14.3 Å². The van der Waals surface area contributed by atoms with Crippen molar-refractivity contribution in [1.82, 2.24) is 9.80 Å². The van der Waals surface area contributed by atoms with E-state index in [4.69, 9.17) is 4.74 Å². The van der Waals surface area contributed by atoms with Crippen LogP contribution in [0.25, 0.3) is 0 Å². The zero-order valence-corrected chi connectivity index (χ0v) is 14.2. The van der Waals surface area contributed by atoms with Gasteiger partial charge in [0.2, 0.25) is 11.8 Å². The van der Waals surface area contributed by atoms with Crippen LogP contribution < -0.4 is 5.32 Å². The molecule has 1 unspecified atom stereocenters. The number of hydrogen-bond acceptors (Lipinski definition) is 4. The van der Waals surface area contributed by atoms with E-state index in [1.807, 2.05) is 9.80 Å². The van der Waals surface area contributed by atoms with Crippen LogP contribution in [0.3, 0.4) is 0 Å². The van der Waals surface area contributed by atoms with Crippen molar-refractivity contribution in [1.29, 1.82) is 0 Å². The van der Waals surface area contributed by atoms with E-state index >= 15 is 0 Å². The summed E-state index contributed by atoms with van der Waals surface area (Å²) in [5, 5.41) is 2.76. The minimum atomic E-state index is -0.335. The second-order valence-corrected chi connectivity index (χ2v) is 6.57. The van der Waals surface area contributed by atoms with Gasteiger partial charge >= 0.3 is 0 Å². The van der Waals surface area contributed by atoms with Gasteiger partial charge in [-0.1, -0.05) is 0 Å². The maximum Gasteiger partial charge on any atom is 0.238 e. The first kappa shape index (κ1) is 17.8. The lowest BCUT2D eigenvalue weighted by Gasteiger charge is -2.35. The predicted molar refractivity (Wildman–Crippen MR) is 91.6 cm³/mol. The monoisotopic (exact) mass is 349 g/mol. The highest BCUT2D eigenvalue weighted by Crippen LogP contribution is 2.19. The summed E-state index contributed by atoms with van der Waals surface area (Å²) in [7, 11) is 0. The lowest BCUT2D eigenvalue weighted by Crippen LogP contribution is -2.49. The summed E-state index contributed by atoms with van der Waals surface area (Å²) in [5.41, 5.74) is 0.573. The van der Waals surface area contributed by atoms with Crippen molar-refractivity contribution in [3.8, 4) is 0 Å². The normalized spacial score (nSPS) is 21.8. The standard InChI is InChI=1S/C18H24FN3O3/c19-15-3-5-16(6-4-15)20-17(23)13-21-7-1-2-14(12-21)18(24)22-8-10-25-11-9-22/h3-6,14H,1-2,7-13H2,(H,20,23). The minimum Gasteiger partial charge on any atom is -0.378 e. The van der Waals surface area contributed by atoms with Crippen LogP contribution in [-0.4, -0.2) is 67.6 Å². The molecule has 25 heavy (non-hydrogen) atoms. The Bertz CT molecular complexity index is 602. The van der Waals surface area contributed by atoms with E-state index in [0.717, 1.165) is 19.4 Å². The highest BCUT2D eigenvalue weighted by Gasteiger charge is 2.30. The van der Waals surface area contributed by atoms with Crippen molar-refractivity contribution in [2.24, 2.45) is 5.92 Å². The number of likely N-dealkylation sites (tertiary alicyclic amines) is 1. The molecule has 2 saturated heterocycles. The van der Waals surface area contributed by atoms with Crippen LogP contribution in [0, 0.1) is 11.7 Å². The Labute approximate surface area is 146 Å². The number of ether oxygens (including phenoxy) is 1. The van der Waals surface area contributed by atoms with Gasteiger partial charge in [-0.25, -0.2) is 4.39 Å². The zero-order valence-electron chi connectivity index (χ0n) is 14.2. The summed E-state index contributed by atoms with van der Waals surface area (Å²) < 4.78 is 18.2. The van der Waals surface area contributed by atoms with Crippen LogP contribution in [0.5, 0.6) is 0 Å². The van der Waals surface area contributed by atoms with E-state index in [1.54, 1.807) is 0 Å². The highest BCUT2D eigenvalue weighted by molar-refractivity contribution is 5.92. The molecule has 1 atom stereocenters. The van der Waals surface area contributed by atoms with Crippen molar-refractivity contribution in [2.75, 3.05) is 51.3 Å². The van der Waals surface area contributed by atoms with Gasteiger partial charge in [0.1, 0.15) is 5.82 Å². The molecule has 0 aromatic heterocycles. The van der Waals surface area contributed by atoms with Crippen LogP contribution in [0.2, 0.25) is 0 Å². The SMILES string of the molecule is O=C(CN1CCCC(C(=O)N2CCOCC2)C1)Nc1ccc(F)cc1. The van der Waals surface area contributed by atoms with Crippen LogP contribution in [0.4, 0.5) is 10.1 Å². The number of hydrogen-bond donors (Lipinski definition) is 1. The van der Waals surface area contributed by atoms with Gasteiger partial charge in [-0.3, -0.25) is 14.5 Å². The Kier molecular flexibility index (Phi) is 5.99. The van der Waals surface area contributed by atoms with Gasteiger partial charge in [-0.2, -0.15) is 0 Å². The van der Waals surface area contributed by atoms with Gasteiger partial charge in [0.15, 0.2) is 0 Å². The largest absolute Gasteiger partial charge is 0.378 e. The fourth-order valence-electron chi connectivity index (χ4n) is 3.38. The number of morpholine rings is 1. The first-order valence-corrected chi connectivity index (χ1v) is 8.76. The molecule has 0 aliphatic carbocycles. The molecule has 2 amide bonds. The Morgan fingerprint density at radius 1 is 1.16 bits per heavy atom. The van der Waals surface area contributed by atoms with Crippen molar-refractivity contribution < 1.29 is 18.7 Å². The Balaban J connectivity index is 1.49. The molecular weight excluding hydrogens is 325 g/mol. The number of piperidine rings is 1. The third-order valence-corrected chi connectivity index (χ3v) is 4.67. The number of rotatable bonds is 4. The summed E-state index contributed by atoms with van der Waals surface area (Å²) in [6.45, 7) is 4.16. The number of amides is 2. The Morgan fingerprint density at radius 3 is 2.60 bits per heavy atom. The molecule has 1 aromatic rings. The molecule has 136 valence electrons. The quantitative estimate of drug-likeness (QED) is 0.891. The molecular formula is C18H24FN3O3. The summed E-state index contributed by atoms with van der Waals surface area (Å²) in [6, 6.07) is 5.70. The summed E-state index contributed by atoms with van der Waals surface area (Å²) in [5.74, 6) is -0.359. The number of carbonyl (C=O) groups excluding carboxylic acids is 2. The van der Waals surface area contributed by atoms with Gasteiger partial charge in [0.05, 0.1) is 25.7 Å². The maximum atomic E-state index is 12.9. The molecule has 0 radical (unpaired) electrons. The van der Waals surface area contributed by atoms with Gasteiger partial charge < -0.3 is 15.0 Å². The van der Waals surface area contributed by atoms with E-state index < -0.39 is 0 Å². The molecule has 1 aromatic carbocycles. The summed E-state index contributed by atoms with van der Waals surface area (Å²) in [4.78, 5) is 28.7. The lowest BCUT2D eigenvalue weighted by atomic mass is 9.96. The highest BCUT2D eigenvalue weighted by atomic mass is 19.1. The van der Waals surface area contributed by atoms with Crippen molar-refractivity contribution >= 4 is 17.5 Å². The van der Waals surface area contributed by atoms with Crippen molar-refractivity contribution in [2.45, 2.75) is 12.8 Å². The number of carbonyl (C=O) groups is 2. The fraction of sp³-hybridized carbons (Fsp3) is 0.556. The predicted octanol–water partition coefficient (Wildman–Crippen LogP) is 1.34. The smallest absolute Gasteiger partial charge is 0.238 e. The molecule has 0 spiro atoms. The van der Waals surface area contributed by atoms with Crippen LogP contribution in [0.15, 0.2) is 24.3 Å². The van der Waals surface area contributed by atoms with Crippen LogP contribution >= 0.6 is 0 Å². The second kappa shape index (κ2) is 8.40. The number of halogens is 1. The molecule has 2 heterocycles. The molecule has 7 heteroatoms. The average molecular weight is 349 g/mol. The number of nitrogens with one attached hydrogen (secondary N) is 1. The zero-order chi connectivity index (χ0) is 17.6. The van der Waals surface area contributed by atoms with E-state index in [0.29, 0.717) is 38.5 Å². The van der Waals surface area contributed by atoms with Gasteiger partial charge in [0.25, 0.3) is 0 Å². The first-order chi connectivity index (χ1) is 12.1. The van der Waals surface area contributed by atoms with Gasteiger partial charge in [-0.05, 0) is 43.7 Å². The lowest BCUT2D eigenvalue weighted by molar-refractivity contribution is -0.141. The molecule has 1 N–H and O–H groups in total. The van der Waals surface area contributed by atoms with Crippen LogP contribution in [0.1, 0.15) is 12.8 Å². The minimum absolute atomic E-state index is 0.0505. The van der Waals surface area contributed by atoms with Crippen molar-refractivity contribution in [3.05, 3.63) is 30.1 Å². The van der Waals surface area contributed by atoms with E-state index in [2.05, 4.69) is 5.32 Å². The van der Waals surface area contributed by atoms with E-state index in [9.17, 15) is 14.0 Å². The van der Waals surface area contributed by atoms with Gasteiger partial charge in [-0.15, -0.1) is 0 Å². The molecule has 0 bridgehead atoms. The molecule has 2 aliphatic heterocycles. The summed E-state index contributed by atoms with van der Waals surface area (Å²) >= 11 is 0. The number of anilines is 1. The average Bonchev–Trinajstić information content (AvgIpc) is 2.64. The molecule has 2 aliphatic rings. The number of nitrogens with zero attached hydrogens (tertiary/aromatic N) is 2. The van der Waals surface area contributed by atoms with Gasteiger partial charge in [0, 0.05) is 25.3 Å². The topological polar surface area (TPSA) is 61.9 Å². The summed E-state index contributed by atoms with van der Waals surface area (Å²) in [6.07, 6.45) is 1.77. The molecule has 2 fully saturated rings. The number of benzene rings is 1. The maximum absolute atomic E-state index is 12.9. The van der Waals surface area contributed by atoms with E-state index in [1.165, 1.54) is 24.3 Å². The third-order valence-electron chi connectivity index (χ3n) is 4.67. The molecule has 6 nitrogen and oxygen atoms in total. The molecule has 0 saturated carbocycles. The Hall–Kier alpha value is -1.99. The first-order valence-electron chi connectivity index (χ1n) is 8.76.